The van der Waals surface area contributed by atoms with Crippen LogP contribution in [0.2, 0.25) is 0 Å². The number of aliphatic imine (C=N–C) groups is 1. The third-order valence-electron chi connectivity index (χ3n) is 1.65. The number of benzene rings is 1. The molecule has 0 fully saturated rings. The molecule has 13 heavy (non-hydrogen) atoms. The predicted molar refractivity (Wildman–Crippen MR) is 53.4 cm³/mol. The van der Waals surface area contributed by atoms with Crippen LogP contribution in [0.5, 0.6) is 0 Å². The van der Waals surface area contributed by atoms with E-state index in [2.05, 4.69) is 27.4 Å². The zero-order valence-electron chi connectivity index (χ0n) is 6.94. The summed E-state index contributed by atoms with van der Waals surface area (Å²) < 4.78 is 5.32. The van der Waals surface area contributed by atoms with Gasteiger partial charge >= 0.3 is 0 Å². The van der Waals surface area contributed by atoms with E-state index >= 15 is 0 Å². The molecule has 2 rings (SSSR count). The van der Waals surface area contributed by atoms with Crippen molar-refractivity contribution in [3.05, 3.63) is 24.1 Å². The second-order valence-corrected chi connectivity index (χ2v) is 2.77. The fourth-order valence-corrected chi connectivity index (χ4v) is 1.26. The Morgan fingerprint density at radius 3 is 3.15 bits per heavy atom. The molecule has 4 heteroatoms. The maximum absolute atomic E-state index is 5.32. The van der Waals surface area contributed by atoms with E-state index in [1.165, 1.54) is 0 Å². The zero-order valence-corrected chi connectivity index (χ0v) is 7.76. The Hall–Kier alpha value is -1.51. The Labute approximate surface area is 80.1 Å². The first-order valence-corrected chi connectivity index (χ1v) is 4.15. The van der Waals surface area contributed by atoms with Crippen molar-refractivity contribution in [3.8, 4) is 0 Å². The van der Waals surface area contributed by atoms with Crippen LogP contribution in [-0.2, 0) is 0 Å². The van der Waals surface area contributed by atoms with Crippen molar-refractivity contribution >= 4 is 34.2 Å². The van der Waals surface area contributed by atoms with Crippen LogP contribution in [0.1, 0.15) is 5.89 Å². The molecular formula is C9H6N2OS. The first-order chi connectivity index (χ1) is 6.29. The van der Waals surface area contributed by atoms with Gasteiger partial charge in [-0.15, -0.1) is 0 Å². The predicted octanol–water partition coefficient (Wildman–Crippen LogP) is 2.87. The van der Waals surface area contributed by atoms with Crippen LogP contribution < -0.4 is 0 Å². The number of hydrogen-bond donors (Lipinski definition) is 0. The minimum absolute atomic E-state index is 0.651. The Kier molecular flexibility index (Phi) is 1.93. The molecule has 1 heterocycles. The number of thiocarbonyl (C=S) groups is 1. The molecule has 0 saturated carbocycles. The first-order valence-electron chi connectivity index (χ1n) is 3.74. The number of fused-ring (bicyclic) bond motifs is 1. The molecule has 0 atom stereocenters. The van der Waals surface area contributed by atoms with E-state index in [1.54, 1.807) is 6.07 Å². The molecule has 0 aliphatic carbocycles. The number of hydrogen-bond acceptors (Lipinski definition) is 4. The van der Waals surface area contributed by atoms with Crippen molar-refractivity contribution in [2.45, 2.75) is 6.92 Å². The molecule has 0 amide bonds. The van der Waals surface area contributed by atoms with Crippen LogP contribution in [0.25, 0.3) is 11.1 Å². The SMILES string of the molecule is Cc1nc2ccc(N=C=S)cc2o1. The van der Waals surface area contributed by atoms with Gasteiger partial charge in [-0.1, -0.05) is 0 Å². The van der Waals surface area contributed by atoms with Gasteiger partial charge in [0.25, 0.3) is 0 Å². The maximum Gasteiger partial charge on any atom is 0.192 e. The van der Waals surface area contributed by atoms with Gasteiger partial charge in [0.15, 0.2) is 11.5 Å². The van der Waals surface area contributed by atoms with E-state index in [-0.39, 0.29) is 0 Å². The highest BCUT2D eigenvalue weighted by molar-refractivity contribution is 7.78. The maximum atomic E-state index is 5.32. The van der Waals surface area contributed by atoms with Crippen molar-refractivity contribution in [3.63, 3.8) is 0 Å². The quantitative estimate of drug-likeness (QED) is 0.512. The van der Waals surface area contributed by atoms with Crippen molar-refractivity contribution in [2.24, 2.45) is 4.99 Å². The Morgan fingerprint density at radius 2 is 2.38 bits per heavy atom. The molecule has 0 bridgehead atoms. The fraction of sp³-hybridized carbons (Fsp3) is 0.111. The highest BCUT2D eigenvalue weighted by Crippen LogP contribution is 2.21. The number of aryl methyl sites for hydroxylation is 1. The fourth-order valence-electron chi connectivity index (χ4n) is 1.15. The molecule has 1 aromatic heterocycles. The molecular weight excluding hydrogens is 184 g/mol. The molecule has 0 aliphatic heterocycles. The molecule has 0 spiro atoms. The highest BCUT2D eigenvalue weighted by atomic mass is 32.1. The van der Waals surface area contributed by atoms with Gasteiger partial charge in [0.2, 0.25) is 0 Å². The molecule has 0 radical (unpaired) electrons. The summed E-state index contributed by atoms with van der Waals surface area (Å²) in [6.45, 7) is 1.81. The average molecular weight is 190 g/mol. The molecule has 2 aromatic rings. The van der Waals surface area contributed by atoms with Crippen LogP contribution in [-0.4, -0.2) is 10.1 Å². The number of nitrogens with zero attached hydrogens (tertiary/aromatic N) is 2. The second-order valence-electron chi connectivity index (χ2n) is 2.59. The van der Waals surface area contributed by atoms with Crippen LogP contribution in [0, 0.1) is 6.92 Å². The van der Waals surface area contributed by atoms with Crippen LogP contribution in [0.15, 0.2) is 27.6 Å². The van der Waals surface area contributed by atoms with Crippen molar-refractivity contribution in [1.29, 1.82) is 0 Å². The minimum Gasteiger partial charge on any atom is -0.441 e. The largest absolute Gasteiger partial charge is 0.441 e. The topological polar surface area (TPSA) is 38.4 Å². The highest BCUT2D eigenvalue weighted by Gasteiger charge is 2.01. The van der Waals surface area contributed by atoms with Crippen molar-refractivity contribution in [2.75, 3.05) is 0 Å². The summed E-state index contributed by atoms with van der Waals surface area (Å²) in [5.74, 6) is 0.651. The number of oxazole rings is 1. The van der Waals surface area contributed by atoms with Crippen LogP contribution >= 0.6 is 12.2 Å². The lowest BCUT2D eigenvalue weighted by Gasteiger charge is -1.88. The number of aromatic nitrogens is 1. The van der Waals surface area contributed by atoms with Gasteiger partial charge in [0, 0.05) is 13.0 Å². The summed E-state index contributed by atoms with van der Waals surface area (Å²) in [6.07, 6.45) is 0. The summed E-state index contributed by atoms with van der Waals surface area (Å²) in [4.78, 5) is 8.00. The summed E-state index contributed by atoms with van der Waals surface area (Å²) in [6, 6.07) is 5.45. The smallest absolute Gasteiger partial charge is 0.192 e. The van der Waals surface area contributed by atoms with E-state index < -0.39 is 0 Å². The van der Waals surface area contributed by atoms with Gasteiger partial charge in [-0.3, -0.25) is 0 Å². The van der Waals surface area contributed by atoms with Crippen LogP contribution in [0.4, 0.5) is 5.69 Å². The van der Waals surface area contributed by atoms with Gasteiger partial charge in [0.1, 0.15) is 5.52 Å². The molecule has 0 saturated heterocycles. The normalized spacial score (nSPS) is 9.92. The Morgan fingerprint density at radius 1 is 1.54 bits per heavy atom. The minimum atomic E-state index is 0.651. The molecule has 0 aliphatic rings. The molecule has 1 aromatic carbocycles. The van der Waals surface area contributed by atoms with E-state index in [9.17, 15) is 0 Å². The van der Waals surface area contributed by atoms with Gasteiger partial charge in [0.05, 0.1) is 10.8 Å². The number of rotatable bonds is 1. The van der Waals surface area contributed by atoms with Crippen molar-refractivity contribution < 1.29 is 4.42 Å². The zero-order chi connectivity index (χ0) is 9.26. The van der Waals surface area contributed by atoms with E-state index in [1.807, 2.05) is 19.1 Å². The van der Waals surface area contributed by atoms with Gasteiger partial charge in [-0.25, -0.2) is 4.98 Å². The monoisotopic (exact) mass is 190 g/mol. The van der Waals surface area contributed by atoms with Gasteiger partial charge < -0.3 is 4.42 Å². The third kappa shape index (κ3) is 1.49. The second kappa shape index (κ2) is 3.09. The van der Waals surface area contributed by atoms with Crippen LogP contribution in [0.3, 0.4) is 0 Å². The first kappa shape index (κ1) is 8.10. The Balaban J connectivity index is 2.67. The van der Waals surface area contributed by atoms with E-state index in [4.69, 9.17) is 4.42 Å². The van der Waals surface area contributed by atoms with Gasteiger partial charge in [-0.2, -0.15) is 4.99 Å². The van der Waals surface area contributed by atoms with E-state index in [0.717, 1.165) is 16.8 Å². The summed E-state index contributed by atoms with van der Waals surface area (Å²) in [5.41, 5.74) is 2.29. The average Bonchev–Trinajstić information content (AvgIpc) is 2.44. The molecule has 0 N–H and O–H groups in total. The molecule has 3 nitrogen and oxygen atoms in total. The number of isothiocyanates is 1. The lowest BCUT2D eigenvalue weighted by molar-refractivity contribution is 0.561. The summed E-state index contributed by atoms with van der Waals surface area (Å²) in [5, 5.41) is 2.30. The lowest BCUT2D eigenvalue weighted by atomic mass is 10.3. The van der Waals surface area contributed by atoms with Crippen molar-refractivity contribution in [1.82, 2.24) is 4.98 Å². The summed E-state index contributed by atoms with van der Waals surface area (Å²) in [7, 11) is 0. The molecule has 0 unspecified atom stereocenters. The molecule has 64 valence electrons. The van der Waals surface area contributed by atoms with Gasteiger partial charge in [-0.05, 0) is 24.4 Å². The Bertz CT molecular complexity index is 497. The van der Waals surface area contributed by atoms with E-state index in [0.29, 0.717) is 5.89 Å². The summed E-state index contributed by atoms with van der Waals surface area (Å²) >= 11 is 4.50. The lowest BCUT2D eigenvalue weighted by Crippen LogP contribution is -1.67. The standard InChI is InChI=1S/C9H6N2OS/c1-6-11-8-3-2-7(10-5-13)4-9(8)12-6/h2-4H,1H3. The third-order valence-corrected chi connectivity index (χ3v) is 1.74.